The summed E-state index contributed by atoms with van der Waals surface area (Å²) in [6, 6.07) is 4.99. The quantitative estimate of drug-likeness (QED) is 0.269. The highest BCUT2D eigenvalue weighted by Gasteiger charge is 2.19. The largest absolute Gasteiger partial charge is 0.447 e. The van der Waals surface area contributed by atoms with Crippen LogP contribution in [0.5, 0.6) is 5.75 Å². The van der Waals surface area contributed by atoms with E-state index in [2.05, 4.69) is 0 Å². The Morgan fingerprint density at radius 1 is 1.30 bits per heavy atom. The number of nitro benzene ring substituents is 1. The molecule has 0 amide bonds. The second kappa shape index (κ2) is 7.03. The Balaban J connectivity index is 2.61. The van der Waals surface area contributed by atoms with E-state index in [4.69, 9.17) is 9.47 Å². The van der Waals surface area contributed by atoms with E-state index in [1.807, 2.05) is 0 Å². The first-order valence-electron chi connectivity index (χ1n) is 5.73. The fourth-order valence-electron chi connectivity index (χ4n) is 1.23. The molecular weight excluding hydrogens is 266 g/mol. The molecule has 0 saturated carbocycles. The molecule has 1 unspecified atom stereocenters. The van der Waals surface area contributed by atoms with E-state index in [0.29, 0.717) is 0 Å². The lowest BCUT2D eigenvalue weighted by Crippen LogP contribution is -2.27. The van der Waals surface area contributed by atoms with Crippen LogP contribution < -0.4 is 4.74 Å². The van der Waals surface area contributed by atoms with Crippen LogP contribution in [0.4, 0.5) is 5.69 Å². The van der Waals surface area contributed by atoms with Crippen molar-refractivity contribution in [1.29, 1.82) is 0 Å². The van der Waals surface area contributed by atoms with Crippen LogP contribution >= 0.6 is 0 Å². The molecule has 1 rings (SSSR count). The van der Waals surface area contributed by atoms with Crippen LogP contribution in [0, 0.1) is 10.1 Å². The number of carbonyl (C=O) groups is 2. The summed E-state index contributed by atoms with van der Waals surface area (Å²) < 4.78 is 9.71. The lowest BCUT2D eigenvalue weighted by atomic mass is 10.3. The molecular formula is C13H13NO6. The Bertz CT molecular complexity index is 534. The highest BCUT2D eigenvalue weighted by molar-refractivity contribution is 5.86. The molecule has 7 nitrogen and oxygen atoms in total. The second-order valence-corrected chi connectivity index (χ2v) is 3.75. The van der Waals surface area contributed by atoms with Crippen molar-refractivity contribution in [2.75, 3.05) is 0 Å². The van der Waals surface area contributed by atoms with Gasteiger partial charge in [0.05, 0.1) is 4.92 Å². The maximum atomic E-state index is 11.6. The molecule has 1 aromatic rings. The first-order chi connectivity index (χ1) is 9.43. The third kappa shape index (κ3) is 4.52. The average molecular weight is 279 g/mol. The van der Waals surface area contributed by atoms with Gasteiger partial charge in [0.25, 0.3) is 5.69 Å². The standard InChI is InChI=1S/C13H13NO6/c1-3-4-12(15)19-9(2)13(16)20-11-7-5-10(6-8-11)14(17)18/h3-9H,1-2H3/b4-3-. The number of allylic oxidation sites excluding steroid dienone is 1. The van der Waals surface area contributed by atoms with Crippen molar-refractivity contribution >= 4 is 17.6 Å². The molecule has 7 heteroatoms. The zero-order valence-electron chi connectivity index (χ0n) is 10.9. The Kier molecular flexibility index (Phi) is 5.40. The van der Waals surface area contributed by atoms with Crippen molar-refractivity contribution in [3.8, 4) is 5.75 Å². The van der Waals surface area contributed by atoms with Gasteiger partial charge in [-0.25, -0.2) is 9.59 Å². The molecule has 106 valence electrons. The molecule has 0 bridgehead atoms. The van der Waals surface area contributed by atoms with Gasteiger partial charge in [-0.05, 0) is 26.0 Å². The number of esters is 2. The van der Waals surface area contributed by atoms with Crippen molar-refractivity contribution < 1.29 is 24.0 Å². The van der Waals surface area contributed by atoms with Gasteiger partial charge in [-0.3, -0.25) is 10.1 Å². The molecule has 20 heavy (non-hydrogen) atoms. The monoisotopic (exact) mass is 279 g/mol. The van der Waals surface area contributed by atoms with E-state index >= 15 is 0 Å². The van der Waals surface area contributed by atoms with Gasteiger partial charge < -0.3 is 9.47 Å². The van der Waals surface area contributed by atoms with Crippen molar-refractivity contribution in [1.82, 2.24) is 0 Å². The lowest BCUT2D eigenvalue weighted by molar-refractivity contribution is -0.384. The minimum absolute atomic E-state index is 0.114. The predicted octanol–water partition coefficient (Wildman–Crippen LogP) is 2.01. The first-order valence-corrected chi connectivity index (χ1v) is 5.73. The maximum Gasteiger partial charge on any atom is 0.352 e. The number of nitrogens with zero attached hydrogens (tertiary/aromatic N) is 1. The third-order valence-corrected chi connectivity index (χ3v) is 2.19. The number of non-ortho nitro benzene ring substituents is 1. The van der Waals surface area contributed by atoms with Crippen LogP contribution in [-0.4, -0.2) is 23.0 Å². The molecule has 0 N–H and O–H groups in total. The van der Waals surface area contributed by atoms with Gasteiger partial charge in [-0.1, -0.05) is 6.08 Å². The SMILES string of the molecule is C/C=C\C(=O)OC(C)C(=O)Oc1ccc([N+](=O)[O-])cc1. The summed E-state index contributed by atoms with van der Waals surface area (Å²) in [6.07, 6.45) is 1.58. The molecule has 1 aromatic carbocycles. The topological polar surface area (TPSA) is 95.7 Å². The molecule has 1 atom stereocenters. The minimum atomic E-state index is -1.08. The summed E-state index contributed by atoms with van der Waals surface area (Å²) in [7, 11) is 0. The number of nitro groups is 1. The van der Waals surface area contributed by atoms with Gasteiger partial charge in [0.1, 0.15) is 5.75 Å². The molecule has 0 aliphatic carbocycles. The first kappa shape index (κ1) is 15.4. The Morgan fingerprint density at radius 2 is 1.90 bits per heavy atom. The number of hydrogen-bond donors (Lipinski definition) is 0. The lowest BCUT2D eigenvalue weighted by Gasteiger charge is -2.11. The molecule has 0 fully saturated rings. The number of hydrogen-bond acceptors (Lipinski definition) is 6. The Hall–Kier alpha value is -2.70. The van der Waals surface area contributed by atoms with Crippen molar-refractivity contribution in [3.63, 3.8) is 0 Å². The van der Waals surface area contributed by atoms with Gasteiger partial charge >= 0.3 is 11.9 Å². The summed E-state index contributed by atoms with van der Waals surface area (Å²) >= 11 is 0. The van der Waals surface area contributed by atoms with Gasteiger partial charge in [0, 0.05) is 18.2 Å². The minimum Gasteiger partial charge on any atom is -0.447 e. The summed E-state index contributed by atoms with van der Waals surface area (Å²) in [6.45, 7) is 3.01. The van der Waals surface area contributed by atoms with Crippen molar-refractivity contribution in [2.24, 2.45) is 0 Å². The van der Waals surface area contributed by atoms with Crippen molar-refractivity contribution in [2.45, 2.75) is 20.0 Å². The van der Waals surface area contributed by atoms with Crippen LogP contribution in [-0.2, 0) is 14.3 Å². The van der Waals surface area contributed by atoms with E-state index in [1.54, 1.807) is 6.92 Å². The van der Waals surface area contributed by atoms with Gasteiger partial charge in [-0.2, -0.15) is 0 Å². The normalized spacial score (nSPS) is 11.9. The van der Waals surface area contributed by atoms with Gasteiger partial charge in [0.15, 0.2) is 6.10 Å². The summed E-state index contributed by atoms with van der Waals surface area (Å²) in [5, 5.41) is 10.5. The summed E-state index contributed by atoms with van der Waals surface area (Å²) in [4.78, 5) is 32.6. The van der Waals surface area contributed by atoms with Crippen molar-refractivity contribution in [3.05, 3.63) is 46.5 Å². The Labute approximate surface area is 114 Å². The molecule has 0 radical (unpaired) electrons. The smallest absolute Gasteiger partial charge is 0.352 e. The summed E-state index contributed by atoms with van der Waals surface area (Å²) in [5.74, 6) is -1.29. The summed E-state index contributed by atoms with van der Waals surface area (Å²) in [5.41, 5.74) is -0.114. The highest BCUT2D eigenvalue weighted by Crippen LogP contribution is 2.17. The maximum absolute atomic E-state index is 11.6. The van der Waals surface area contributed by atoms with E-state index in [1.165, 1.54) is 43.3 Å². The molecule has 0 saturated heterocycles. The zero-order chi connectivity index (χ0) is 15.1. The number of rotatable bonds is 5. The number of carbonyl (C=O) groups excluding carboxylic acids is 2. The molecule has 0 aliphatic heterocycles. The highest BCUT2D eigenvalue weighted by atomic mass is 16.6. The number of ether oxygens (including phenoxy) is 2. The van der Waals surface area contributed by atoms with Crippen LogP contribution in [0.25, 0.3) is 0 Å². The fraction of sp³-hybridized carbons (Fsp3) is 0.231. The van der Waals surface area contributed by atoms with Gasteiger partial charge in [0.2, 0.25) is 0 Å². The van der Waals surface area contributed by atoms with Crippen LogP contribution in [0.1, 0.15) is 13.8 Å². The zero-order valence-corrected chi connectivity index (χ0v) is 10.9. The van der Waals surface area contributed by atoms with E-state index in [9.17, 15) is 19.7 Å². The molecule has 0 heterocycles. The fourth-order valence-corrected chi connectivity index (χ4v) is 1.23. The predicted molar refractivity (Wildman–Crippen MR) is 69.1 cm³/mol. The van der Waals surface area contributed by atoms with E-state index in [0.717, 1.165) is 0 Å². The second-order valence-electron chi connectivity index (χ2n) is 3.75. The molecule has 0 spiro atoms. The Morgan fingerprint density at radius 3 is 2.40 bits per heavy atom. The van der Waals surface area contributed by atoms with E-state index in [-0.39, 0.29) is 11.4 Å². The average Bonchev–Trinajstić information content (AvgIpc) is 2.39. The third-order valence-electron chi connectivity index (χ3n) is 2.19. The number of benzene rings is 1. The molecule has 0 aromatic heterocycles. The van der Waals surface area contributed by atoms with Crippen LogP contribution in [0.2, 0.25) is 0 Å². The van der Waals surface area contributed by atoms with Crippen LogP contribution in [0.3, 0.4) is 0 Å². The molecule has 0 aliphatic rings. The van der Waals surface area contributed by atoms with E-state index < -0.39 is 23.0 Å². The van der Waals surface area contributed by atoms with Crippen LogP contribution in [0.15, 0.2) is 36.4 Å². The van der Waals surface area contributed by atoms with Gasteiger partial charge in [-0.15, -0.1) is 0 Å².